The number of carbonyl (C=O) groups excluding carboxylic acids is 1. The van der Waals surface area contributed by atoms with E-state index in [9.17, 15) is 4.79 Å². The zero-order valence-corrected chi connectivity index (χ0v) is 17.7. The Labute approximate surface area is 176 Å². The second kappa shape index (κ2) is 7.90. The van der Waals surface area contributed by atoms with Crippen molar-refractivity contribution in [2.45, 2.75) is 28.0 Å². The Kier molecular flexibility index (Phi) is 5.75. The summed E-state index contributed by atoms with van der Waals surface area (Å²) in [7, 11) is 0. The molecule has 1 aromatic heterocycles. The monoisotopic (exact) mass is 446 g/mol. The lowest BCUT2D eigenvalue weighted by molar-refractivity contribution is 0.0622. The van der Waals surface area contributed by atoms with Gasteiger partial charge in [-0.05, 0) is 56.1 Å². The van der Waals surface area contributed by atoms with Gasteiger partial charge < -0.3 is 10.2 Å². The van der Waals surface area contributed by atoms with Gasteiger partial charge in [-0.3, -0.25) is 4.79 Å². The lowest BCUT2D eigenvalue weighted by Gasteiger charge is -2.44. The summed E-state index contributed by atoms with van der Waals surface area (Å²) < 4.78 is 0.990. The molecule has 5 rings (SSSR count). The summed E-state index contributed by atoms with van der Waals surface area (Å²) in [5.41, 5.74) is 0. The third kappa shape index (κ3) is 4.03. The third-order valence-electron chi connectivity index (χ3n) is 4.96. The highest BCUT2D eigenvalue weighted by atomic mass is 35.5. The Morgan fingerprint density at radius 3 is 2.54 bits per heavy atom. The van der Waals surface area contributed by atoms with E-state index < -0.39 is 0 Å². The van der Waals surface area contributed by atoms with E-state index in [1.165, 1.54) is 49.0 Å². The minimum Gasteiger partial charge on any atom is -0.347 e. The van der Waals surface area contributed by atoms with Crippen molar-refractivity contribution >= 4 is 63.8 Å². The predicted molar refractivity (Wildman–Crippen MR) is 110 cm³/mol. The first-order chi connectivity index (χ1) is 12.5. The number of thiophene rings is 1. The van der Waals surface area contributed by atoms with Gasteiger partial charge in [0.15, 0.2) is 0 Å². The second-order valence-electron chi connectivity index (χ2n) is 6.64. The molecule has 26 heavy (non-hydrogen) atoms. The number of halogens is 3. The van der Waals surface area contributed by atoms with Crippen molar-refractivity contribution in [2.24, 2.45) is 5.92 Å². The van der Waals surface area contributed by atoms with E-state index in [4.69, 9.17) is 34.8 Å². The molecule has 1 amide bonds. The van der Waals surface area contributed by atoms with Crippen LogP contribution in [0.3, 0.4) is 0 Å². The number of hydrogen-bond donors (Lipinski definition) is 1. The number of amides is 1. The molecular weight excluding hydrogens is 431 g/mol. The molecule has 2 bridgehead atoms. The zero-order valence-electron chi connectivity index (χ0n) is 13.8. The summed E-state index contributed by atoms with van der Waals surface area (Å²) in [6.07, 6.45) is 2.37. The Morgan fingerprint density at radius 2 is 1.85 bits per heavy atom. The normalized spacial score (nSPS) is 24.7. The maximum Gasteiger partial charge on any atom is 0.261 e. The van der Waals surface area contributed by atoms with Crippen LogP contribution in [0, 0.1) is 5.92 Å². The lowest BCUT2D eigenvalue weighted by atomic mass is 9.84. The van der Waals surface area contributed by atoms with Gasteiger partial charge in [0.25, 0.3) is 5.91 Å². The quantitative estimate of drug-likeness (QED) is 0.612. The minimum atomic E-state index is 0.0147. The first kappa shape index (κ1) is 18.9. The molecule has 3 aliphatic rings. The molecule has 0 spiro atoms. The van der Waals surface area contributed by atoms with Gasteiger partial charge in [-0.2, -0.15) is 0 Å². The molecule has 3 nitrogen and oxygen atoms in total. The number of hydrogen-bond acceptors (Lipinski definition) is 4. The molecule has 0 saturated carbocycles. The minimum absolute atomic E-state index is 0.0147. The average Bonchev–Trinajstić information content (AvgIpc) is 3.09. The number of piperidine rings is 3. The van der Waals surface area contributed by atoms with E-state index in [1.807, 2.05) is 12.1 Å². The first-order valence-electron chi connectivity index (χ1n) is 8.45. The molecule has 0 radical (unpaired) electrons. The van der Waals surface area contributed by atoms with Crippen molar-refractivity contribution in [3.63, 3.8) is 0 Å². The van der Waals surface area contributed by atoms with E-state index in [1.54, 1.807) is 12.1 Å². The SMILES string of the molecule is O=C(N[C@H]1CN2CCC1CC2)c1ccc(Sc2cc(Cl)c(Cl)cc2Cl)s1. The van der Waals surface area contributed by atoms with Crippen molar-refractivity contribution in [2.75, 3.05) is 19.6 Å². The number of fused-ring (bicyclic) bond motifs is 3. The van der Waals surface area contributed by atoms with Gasteiger partial charge in [0.1, 0.15) is 0 Å². The van der Waals surface area contributed by atoms with Crippen LogP contribution in [-0.4, -0.2) is 36.5 Å². The number of nitrogens with one attached hydrogen (secondary N) is 1. The predicted octanol–water partition coefficient (Wildman–Crippen LogP) is 5.68. The highest BCUT2D eigenvalue weighted by molar-refractivity contribution is 8.01. The summed E-state index contributed by atoms with van der Waals surface area (Å²) in [6, 6.07) is 7.48. The molecule has 0 aliphatic carbocycles. The molecule has 3 saturated heterocycles. The molecule has 0 unspecified atom stereocenters. The largest absolute Gasteiger partial charge is 0.347 e. The van der Waals surface area contributed by atoms with Crippen molar-refractivity contribution in [1.82, 2.24) is 10.2 Å². The second-order valence-corrected chi connectivity index (χ2v) is 10.3. The van der Waals surface area contributed by atoms with Crippen LogP contribution >= 0.6 is 57.9 Å². The fourth-order valence-electron chi connectivity index (χ4n) is 3.56. The van der Waals surface area contributed by atoms with Crippen LogP contribution in [0.15, 0.2) is 33.4 Å². The Hall–Kier alpha value is -0.430. The maximum atomic E-state index is 12.6. The molecule has 1 aromatic carbocycles. The molecular formula is C18H17Cl3N2OS2. The van der Waals surface area contributed by atoms with Gasteiger partial charge >= 0.3 is 0 Å². The van der Waals surface area contributed by atoms with Gasteiger partial charge in [-0.15, -0.1) is 11.3 Å². The van der Waals surface area contributed by atoms with Gasteiger partial charge in [0.2, 0.25) is 0 Å². The summed E-state index contributed by atoms with van der Waals surface area (Å²) >= 11 is 21.3. The Balaban J connectivity index is 1.43. The Morgan fingerprint density at radius 1 is 1.12 bits per heavy atom. The Bertz CT molecular complexity index is 834. The van der Waals surface area contributed by atoms with E-state index >= 15 is 0 Å². The van der Waals surface area contributed by atoms with Gasteiger partial charge in [0.05, 0.1) is 24.2 Å². The van der Waals surface area contributed by atoms with Gasteiger partial charge in [-0.1, -0.05) is 46.6 Å². The summed E-state index contributed by atoms with van der Waals surface area (Å²) in [5, 5.41) is 4.68. The topological polar surface area (TPSA) is 32.3 Å². The fraction of sp³-hybridized carbons (Fsp3) is 0.389. The van der Waals surface area contributed by atoms with Crippen LogP contribution in [0.1, 0.15) is 22.5 Å². The van der Waals surface area contributed by atoms with Crippen molar-refractivity contribution in [1.29, 1.82) is 0 Å². The summed E-state index contributed by atoms with van der Waals surface area (Å²) in [4.78, 5) is 16.6. The number of benzene rings is 1. The van der Waals surface area contributed by atoms with Crippen LogP contribution < -0.4 is 5.32 Å². The molecule has 8 heteroatoms. The van der Waals surface area contributed by atoms with Crippen molar-refractivity contribution < 1.29 is 4.79 Å². The molecule has 1 atom stereocenters. The van der Waals surface area contributed by atoms with Gasteiger partial charge in [0, 0.05) is 17.5 Å². The number of carbonyl (C=O) groups is 1. The maximum absolute atomic E-state index is 12.6. The lowest BCUT2D eigenvalue weighted by Crippen LogP contribution is -2.57. The molecule has 138 valence electrons. The van der Waals surface area contributed by atoms with Crippen molar-refractivity contribution in [3.05, 3.63) is 44.2 Å². The number of nitrogens with zero attached hydrogens (tertiary/aromatic N) is 1. The van der Waals surface area contributed by atoms with Crippen LogP contribution in [0.5, 0.6) is 0 Å². The van der Waals surface area contributed by atoms with Crippen LogP contribution in [0.2, 0.25) is 15.1 Å². The van der Waals surface area contributed by atoms with Crippen LogP contribution in [-0.2, 0) is 0 Å². The third-order valence-corrected chi connectivity index (χ3v) is 8.38. The summed E-state index contributed by atoms with van der Waals surface area (Å²) in [5.74, 6) is 0.633. The fourth-order valence-corrected chi connectivity index (χ4v) is 6.32. The van der Waals surface area contributed by atoms with E-state index in [2.05, 4.69) is 10.2 Å². The smallest absolute Gasteiger partial charge is 0.261 e. The van der Waals surface area contributed by atoms with E-state index in [0.717, 1.165) is 20.5 Å². The van der Waals surface area contributed by atoms with E-state index in [0.29, 0.717) is 21.0 Å². The molecule has 3 aliphatic heterocycles. The van der Waals surface area contributed by atoms with E-state index in [-0.39, 0.29) is 11.9 Å². The average molecular weight is 448 g/mol. The molecule has 2 aromatic rings. The molecule has 1 N–H and O–H groups in total. The van der Waals surface area contributed by atoms with Crippen LogP contribution in [0.25, 0.3) is 0 Å². The number of rotatable bonds is 4. The van der Waals surface area contributed by atoms with Gasteiger partial charge in [-0.25, -0.2) is 0 Å². The highest BCUT2D eigenvalue weighted by Gasteiger charge is 2.35. The van der Waals surface area contributed by atoms with Crippen LogP contribution in [0.4, 0.5) is 0 Å². The van der Waals surface area contributed by atoms with Crippen molar-refractivity contribution in [3.8, 4) is 0 Å². The standard InChI is InChI=1S/C18H17Cl3N2OS2/c19-11-7-13(21)16(8-12(11)20)26-17-2-1-15(25-17)18(24)22-14-9-23-5-3-10(14)4-6-23/h1-2,7-8,10,14H,3-6,9H2,(H,22,24)/t14-/m0/s1. The molecule has 3 fully saturated rings. The summed E-state index contributed by atoms with van der Waals surface area (Å²) in [6.45, 7) is 3.31. The molecule has 4 heterocycles. The highest BCUT2D eigenvalue weighted by Crippen LogP contribution is 2.40. The zero-order chi connectivity index (χ0) is 18.3. The first-order valence-corrected chi connectivity index (χ1v) is 11.2.